The number of benzene rings is 1. The first kappa shape index (κ1) is 16.2. The third kappa shape index (κ3) is 3.62. The van der Waals surface area contributed by atoms with E-state index in [0.717, 1.165) is 24.1 Å². The molecule has 1 saturated heterocycles. The second kappa shape index (κ2) is 7.25. The van der Waals surface area contributed by atoms with Crippen molar-refractivity contribution >= 4 is 17.5 Å². The van der Waals surface area contributed by atoms with Crippen LogP contribution in [0.3, 0.4) is 0 Å². The number of nitrogens with one attached hydrogen (secondary N) is 1. The quantitative estimate of drug-likeness (QED) is 0.944. The number of rotatable bonds is 3. The lowest BCUT2D eigenvalue weighted by Crippen LogP contribution is -2.50. The van der Waals surface area contributed by atoms with Crippen molar-refractivity contribution < 1.29 is 9.59 Å². The smallest absolute Gasteiger partial charge is 0.256 e. The van der Waals surface area contributed by atoms with Crippen LogP contribution in [0, 0.1) is 6.92 Å². The van der Waals surface area contributed by atoms with Crippen LogP contribution < -0.4 is 5.32 Å². The molecule has 1 aromatic heterocycles. The zero-order chi connectivity index (χ0) is 16.9. The van der Waals surface area contributed by atoms with Crippen LogP contribution in [0.25, 0.3) is 0 Å². The van der Waals surface area contributed by atoms with E-state index in [-0.39, 0.29) is 11.8 Å². The summed E-state index contributed by atoms with van der Waals surface area (Å²) in [4.78, 5) is 31.1. The Labute approximate surface area is 141 Å². The number of piperidine rings is 1. The van der Waals surface area contributed by atoms with Gasteiger partial charge in [0.1, 0.15) is 6.04 Å². The highest BCUT2D eigenvalue weighted by Gasteiger charge is 2.32. The largest absolute Gasteiger partial charge is 0.327 e. The molecular weight excluding hydrogens is 302 g/mol. The Morgan fingerprint density at radius 2 is 1.96 bits per heavy atom. The SMILES string of the molecule is Cc1ccc(NC(=O)C2CCCCN2C(=O)c2cccnc2)cc1. The Kier molecular flexibility index (Phi) is 4.89. The van der Waals surface area contributed by atoms with E-state index in [1.54, 1.807) is 29.4 Å². The summed E-state index contributed by atoms with van der Waals surface area (Å²) >= 11 is 0. The van der Waals surface area contributed by atoms with Crippen LogP contribution in [0.4, 0.5) is 5.69 Å². The second-order valence-corrected chi connectivity index (χ2v) is 6.11. The van der Waals surface area contributed by atoms with Crippen LogP contribution in [0.1, 0.15) is 35.2 Å². The van der Waals surface area contributed by atoms with Crippen molar-refractivity contribution in [2.24, 2.45) is 0 Å². The van der Waals surface area contributed by atoms with Gasteiger partial charge in [-0.3, -0.25) is 14.6 Å². The van der Waals surface area contributed by atoms with Crippen molar-refractivity contribution in [2.75, 3.05) is 11.9 Å². The number of likely N-dealkylation sites (tertiary alicyclic amines) is 1. The van der Waals surface area contributed by atoms with Gasteiger partial charge in [-0.1, -0.05) is 17.7 Å². The van der Waals surface area contributed by atoms with Gasteiger partial charge < -0.3 is 10.2 Å². The first-order valence-electron chi connectivity index (χ1n) is 8.23. The molecule has 0 spiro atoms. The molecule has 1 unspecified atom stereocenters. The minimum Gasteiger partial charge on any atom is -0.327 e. The van der Waals surface area contributed by atoms with Crippen LogP contribution >= 0.6 is 0 Å². The minimum absolute atomic E-state index is 0.129. The third-order valence-corrected chi connectivity index (χ3v) is 4.29. The number of carbonyl (C=O) groups excluding carboxylic acids is 2. The van der Waals surface area contributed by atoms with Crippen molar-refractivity contribution in [2.45, 2.75) is 32.2 Å². The summed E-state index contributed by atoms with van der Waals surface area (Å²) in [6.07, 6.45) is 5.73. The highest BCUT2D eigenvalue weighted by molar-refractivity contribution is 6.01. The average molecular weight is 323 g/mol. The van der Waals surface area contributed by atoms with Crippen LogP contribution in [-0.2, 0) is 4.79 Å². The predicted octanol–water partition coefficient (Wildman–Crippen LogP) is 3.02. The normalized spacial score (nSPS) is 17.4. The highest BCUT2D eigenvalue weighted by Crippen LogP contribution is 2.21. The summed E-state index contributed by atoms with van der Waals surface area (Å²) < 4.78 is 0. The number of hydrogen-bond acceptors (Lipinski definition) is 3. The molecule has 0 radical (unpaired) electrons. The number of nitrogens with zero attached hydrogens (tertiary/aromatic N) is 2. The molecular formula is C19H21N3O2. The number of aryl methyl sites for hydroxylation is 1. The fourth-order valence-electron chi connectivity index (χ4n) is 2.96. The zero-order valence-corrected chi connectivity index (χ0v) is 13.7. The molecule has 0 bridgehead atoms. The fourth-order valence-corrected chi connectivity index (χ4v) is 2.96. The van der Waals surface area contributed by atoms with Crippen molar-refractivity contribution in [1.82, 2.24) is 9.88 Å². The van der Waals surface area contributed by atoms with E-state index in [1.807, 2.05) is 31.2 Å². The molecule has 2 amide bonds. The Hall–Kier alpha value is -2.69. The van der Waals surface area contributed by atoms with E-state index in [9.17, 15) is 9.59 Å². The molecule has 3 rings (SSSR count). The summed E-state index contributed by atoms with van der Waals surface area (Å²) in [5, 5.41) is 2.93. The Morgan fingerprint density at radius 3 is 2.67 bits per heavy atom. The summed E-state index contributed by atoms with van der Waals surface area (Å²) in [5.74, 6) is -0.261. The molecule has 0 aliphatic carbocycles. The molecule has 5 heteroatoms. The summed E-state index contributed by atoms with van der Waals surface area (Å²) in [6, 6.07) is 10.7. The maximum absolute atomic E-state index is 12.7. The van der Waals surface area contributed by atoms with Crippen molar-refractivity contribution in [1.29, 1.82) is 0 Å². The van der Waals surface area contributed by atoms with Gasteiger partial charge in [0.15, 0.2) is 0 Å². The third-order valence-electron chi connectivity index (χ3n) is 4.29. The summed E-state index contributed by atoms with van der Waals surface area (Å²) in [5.41, 5.74) is 2.41. The lowest BCUT2D eigenvalue weighted by Gasteiger charge is -2.34. The lowest BCUT2D eigenvalue weighted by atomic mass is 10.00. The molecule has 1 N–H and O–H groups in total. The molecule has 24 heavy (non-hydrogen) atoms. The Morgan fingerprint density at radius 1 is 1.17 bits per heavy atom. The van der Waals surface area contributed by atoms with Crippen LogP contribution in [0.5, 0.6) is 0 Å². The number of pyridine rings is 1. The Bertz CT molecular complexity index is 713. The maximum atomic E-state index is 12.7. The van der Waals surface area contributed by atoms with Gasteiger partial charge in [-0.25, -0.2) is 0 Å². The number of anilines is 1. The zero-order valence-electron chi connectivity index (χ0n) is 13.7. The van der Waals surface area contributed by atoms with Gasteiger partial charge in [0, 0.05) is 24.6 Å². The van der Waals surface area contributed by atoms with Gasteiger partial charge in [-0.15, -0.1) is 0 Å². The van der Waals surface area contributed by atoms with Crippen LogP contribution in [0.2, 0.25) is 0 Å². The average Bonchev–Trinajstić information content (AvgIpc) is 2.63. The van der Waals surface area contributed by atoms with E-state index in [1.165, 1.54) is 0 Å². The minimum atomic E-state index is -0.437. The molecule has 1 atom stereocenters. The van der Waals surface area contributed by atoms with Crippen molar-refractivity contribution in [3.05, 3.63) is 59.9 Å². The van der Waals surface area contributed by atoms with E-state index in [0.29, 0.717) is 18.5 Å². The molecule has 1 aromatic carbocycles. The molecule has 1 fully saturated rings. The van der Waals surface area contributed by atoms with Gasteiger partial charge >= 0.3 is 0 Å². The van der Waals surface area contributed by atoms with Gasteiger partial charge in [0.25, 0.3) is 5.91 Å². The first-order chi connectivity index (χ1) is 11.6. The highest BCUT2D eigenvalue weighted by atomic mass is 16.2. The van der Waals surface area contributed by atoms with E-state index >= 15 is 0 Å². The van der Waals surface area contributed by atoms with Crippen LogP contribution in [-0.4, -0.2) is 34.3 Å². The molecule has 5 nitrogen and oxygen atoms in total. The predicted molar refractivity (Wildman–Crippen MR) is 92.7 cm³/mol. The topological polar surface area (TPSA) is 62.3 Å². The number of carbonyl (C=O) groups is 2. The van der Waals surface area contributed by atoms with E-state index in [4.69, 9.17) is 0 Å². The fraction of sp³-hybridized carbons (Fsp3) is 0.316. The van der Waals surface area contributed by atoms with Gasteiger partial charge in [-0.05, 0) is 50.5 Å². The van der Waals surface area contributed by atoms with E-state index < -0.39 is 6.04 Å². The van der Waals surface area contributed by atoms with E-state index in [2.05, 4.69) is 10.3 Å². The standard InChI is InChI=1S/C19H21N3O2/c1-14-7-9-16(10-8-14)21-18(23)17-6-2-3-12-22(17)19(24)15-5-4-11-20-13-15/h4-5,7-11,13,17H,2-3,6,12H2,1H3,(H,21,23). The first-order valence-corrected chi connectivity index (χ1v) is 8.23. The van der Waals surface area contributed by atoms with Gasteiger partial charge in [-0.2, -0.15) is 0 Å². The number of aromatic nitrogens is 1. The van der Waals surface area contributed by atoms with Crippen molar-refractivity contribution in [3.8, 4) is 0 Å². The summed E-state index contributed by atoms with van der Waals surface area (Å²) in [7, 11) is 0. The summed E-state index contributed by atoms with van der Waals surface area (Å²) in [6.45, 7) is 2.60. The molecule has 124 valence electrons. The number of amides is 2. The van der Waals surface area contributed by atoms with Crippen molar-refractivity contribution in [3.63, 3.8) is 0 Å². The Balaban J connectivity index is 1.75. The van der Waals surface area contributed by atoms with Crippen LogP contribution in [0.15, 0.2) is 48.8 Å². The molecule has 2 aromatic rings. The van der Waals surface area contributed by atoms with Gasteiger partial charge in [0.05, 0.1) is 5.56 Å². The molecule has 2 heterocycles. The lowest BCUT2D eigenvalue weighted by molar-refractivity contribution is -0.121. The number of hydrogen-bond donors (Lipinski definition) is 1. The molecule has 1 aliphatic heterocycles. The molecule has 1 aliphatic rings. The molecule has 0 saturated carbocycles. The monoisotopic (exact) mass is 323 g/mol. The second-order valence-electron chi connectivity index (χ2n) is 6.11. The maximum Gasteiger partial charge on any atom is 0.256 e. The van der Waals surface area contributed by atoms with Gasteiger partial charge in [0.2, 0.25) is 5.91 Å².